The minimum atomic E-state index is 0. The van der Waals surface area contributed by atoms with Crippen LogP contribution in [0.15, 0.2) is 18.2 Å². The predicted molar refractivity (Wildman–Crippen MR) is 83.9 cm³/mol. The van der Waals surface area contributed by atoms with Crippen LogP contribution in [0.1, 0.15) is 23.6 Å². The van der Waals surface area contributed by atoms with E-state index in [1.165, 1.54) is 11.1 Å². The molecule has 1 aliphatic heterocycles. The van der Waals surface area contributed by atoms with Crippen molar-refractivity contribution < 1.29 is 9.84 Å². The highest BCUT2D eigenvalue weighted by atomic mass is 35.5. The van der Waals surface area contributed by atoms with Crippen molar-refractivity contribution in [2.45, 2.75) is 19.4 Å². The van der Waals surface area contributed by atoms with Crippen molar-refractivity contribution in [1.82, 2.24) is 10.2 Å². The van der Waals surface area contributed by atoms with E-state index in [4.69, 9.17) is 4.74 Å². The normalized spacial score (nSPS) is 17.4. The monoisotopic (exact) mass is 300 g/mol. The van der Waals surface area contributed by atoms with Gasteiger partial charge in [0, 0.05) is 38.8 Å². The van der Waals surface area contributed by atoms with Gasteiger partial charge < -0.3 is 15.2 Å². The Morgan fingerprint density at radius 1 is 1.35 bits per heavy atom. The van der Waals surface area contributed by atoms with Crippen LogP contribution < -0.4 is 10.1 Å². The van der Waals surface area contributed by atoms with E-state index in [0.29, 0.717) is 6.04 Å². The Morgan fingerprint density at radius 3 is 2.60 bits per heavy atom. The molecule has 1 aromatic rings. The molecule has 114 valence electrons. The van der Waals surface area contributed by atoms with Crippen molar-refractivity contribution in [3.8, 4) is 5.75 Å². The standard InChI is InChI=1S/C15H24N2O2.ClH/c1-12-11-13(19-2)3-4-14(12)15(5-10-18)17-8-6-16-7-9-17;/h3-4,11,15-16,18H,5-10H2,1-2H3;1H/t15-;/m0./s1. The van der Waals surface area contributed by atoms with Crippen LogP contribution in [0.4, 0.5) is 0 Å². The fourth-order valence-electron chi connectivity index (χ4n) is 2.80. The van der Waals surface area contributed by atoms with Gasteiger partial charge in [-0.3, -0.25) is 4.90 Å². The minimum Gasteiger partial charge on any atom is -0.497 e. The highest BCUT2D eigenvalue weighted by Crippen LogP contribution is 2.29. The van der Waals surface area contributed by atoms with Crippen molar-refractivity contribution >= 4 is 12.4 Å². The van der Waals surface area contributed by atoms with E-state index in [1.54, 1.807) is 7.11 Å². The molecule has 0 saturated carbocycles. The van der Waals surface area contributed by atoms with Gasteiger partial charge in [0.25, 0.3) is 0 Å². The number of aliphatic hydroxyl groups is 1. The summed E-state index contributed by atoms with van der Waals surface area (Å²) in [6.07, 6.45) is 0.785. The van der Waals surface area contributed by atoms with Gasteiger partial charge in [-0.1, -0.05) is 6.07 Å². The van der Waals surface area contributed by atoms with E-state index >= 15 is 0 Å². The summed E-state index contributed by atoms with van der Waals surface area (Å²) in [5, 5.41) is 12.7. The lowest BCUT2D eigenvalue weighted by Crippen LogP contribution is -2.45. The molecule has 0 spiro atoms. The van der Waals surface area contributed by atoms with Gasteiger partial charge in [-0.15, -0.1) is 12.4 Å². The molecule has 0 radical (unpaired) electrons. The lowest BCUT2D eigenvalue weighted by Gasteiger charge is -2.35. The molecule has 0 bridgehead atoms. The first-order valence-electron chi connectivity index (χ1n) is 6.96. The third-order valence-corrected chi connectivity index (χ3v) is 3.83. The Bertz CT molecular complexity index is 409. The number of hydrogen-bond donors (Lipinski definition) is 2. The Hall–Kier alpha value is -0.810. The minimum absolute atomic E-state index is 0. The Morgan fingerprint density at radius 2 is 2.05 bits per heavy atom. The van der Waals surface area contributed by atoms with Crippen LogP contribution >= 0.6 is 12.4 Å². The average molecular weight is 301 g/mol. The van der Waals surface area contributed by atoms with Gasteiger partial charge in [0.15, 0.2) is 0 Å². The molecule has 1 saturated heterocycles. The Kier molecular flexibility index (Phi) is 7.30. The molecule has 2 rings (SSSR count). The molecule has 0 amide bonds. The molecule has 0 aliphatic carbocycles. The second-order valence-corrected chi connectivity index (χ2v) is 5.04. The van der Waals surface area contributed by atoms with Crippen LogP contribution in [0, 0.1) is 6.92 Å². The van der Waals surface area contributed by atoms with E-state index in [0.717, 1.165) is 38.3 Å². The van der Waals surface area contributed by atoms with Gasteiger partial charge in [0.05, 0.1) is 7.11 Å². The lowest BCUT2D eigenvalue weighted by atomic mass is 9.96. The summed E-state index contributed by atoms with van der Waals surface area (Å²) >= 11 is 0. The molecular formula is C15H25ClN2O2. The molecule has 5 heteroatoms. The fourth-order valence-corrected chi connectivity index (χ4v) is 2.80. The van der Waals surface area contributed by atoms with E-state index in [1.807, 2.05) is 6.07 Å². The molecule has 0 unspecified atom stereocenters. The summed E-state index contributed by atoms with van der Waals surface area (Å²) in [4.78, 5) is 2.46. The summed E-state index contributed by atoms with van der Waals surface area (Å²) in [5.74, 6) is 0.893. The largest absolute Gasteiger partial charge is 0.497 e. The second-order valence-electron chi connectivity index (χ2n) is 5.04. The van der Waals surface area contributed by atoms with E-state index in [-0.39, 0.29) is 19.0 Å². The van der Waals surface area contributed by atoms with E-state index < -0.39 is 0 Å². The van der Waals surface area contributed by atoms with Gasteiger partial charge in [0.1, 0.15) is 5.75 Å². The van der Waals surface area contributed by atoms with Crippen LogP contribution in [0.3, 0.4) is 0 Å². The maximum Gasteiger partial charge on any atom is 0.119 e. The predicted octanol–water partition coefficient (Wildman–Crippen LogP) is 1.75. The van der Waals surface area contributed by atoms with Crippen molar-refractivity contribution in [2.75, 3.05) is 39.9 Å². The maximum atomic E-state index is 9.35. The lowest BCUT2D eigenvalue weighted by molar-refractivity contribution is 0.140. The molecule has 20 heavy (non-hydrogen) atoms. The molecule has 4 nitrogen and oxygen atoms in total. The molecule has 1 heterocycles. The zero-order valence-corrected chi connectivity index (χ0v) is 13.1. The quantitative estimate of drug-likeness (QED) is 0.870. The summed E-state index contributed by atoms with van der Waals surface area (Å²) in [7, 11) is 1.69. The second kappa shape index (κ2) is 8.47. The molecular weight excluding hydrogens is 276 g/mol. The number of piperazine rings is 1. The van der Waals surface area contributed by atoms with Crippen LogP contribution in [0.2, 0.25) is 0 Å². The number of benzene rings is 1. The number of aliphatic hydroxyl groups excluding tert-OH is 1. The average Bonchev–Trinajstić information content (AvgIpc) is 2.46. The van der Waals surface area contributed by atoms with Gasteiger partial charge in [-0.2, -0.15) is 0 Å². The number of halogens is 1. The molecule has 2 N–H and O–H groups in total. The van der Waals surface area contributed by atoms with E-state index in [2.05, 4.69) is 29.3 Å². The van der Waals surface area contributed by atoms with Crippen molar-refractivity contribution in [2.24, 2.45) is 0 Å². The number of methoxy groups -OCH3 is 1. The smallest absolute Gasteiger partial charge is 0.119 e. The first-order chi connectivity index (χ1) is 9.26. The number of hydrogen-bond acceptors (Lipinski definition) is 4. The highest BCUT2D eigenvalue weighted by Gasteiger charge is 2.23. The summed E-state index contributed by atoms with van der Waals surface area (Å²) in [6.45, 7) is 6.46. The van der Waals surface area contributed by atoms with Crippen molar-refractivity contribution in [3.05, 3.63) is 29.3 Å². The van der Waals surface area contributed by atoms with Crippen molar-refractivity contribution in [3.63, 3.8) is 0 Å². The molecule has 1 aliphatic rings. The van der Waals surface area contributed by atoms with Crippen LogP contribution in [-0.2, 0) is 0 Å². The van der Waals surface area contributed by atoms with Gasteiger partial charge >= 0.3 is 0 Å². The summed E-state index contributed by atoms with van der Waals surface area (Å²) in [6, 6.07) is 6.52. The number of aryl methyl sites for hydroxylation is 1. The molecule has 1 aromatic carbocycles. The van der Waals surface area contributed by atoms with E-state index in [9.17, 15) is 5.11 Å². The first-order valence-corrected chi connectivity index (χ1v) is 6.96. The third kappa shape index (κ3) is 4.09. The highest BCUT2D eigenvalue weighted by molar-refractivity contribution is 5.85. The van der Waals surface area contributed by atoms with Crippen LogP contribution in [0.25, 0.3) is 0 Å². The van der Waals surface area contributed by atoms with Gasteiger partial charge in [-0.05, 0) is 36.6 Å². The number of rotatable bonds is 5. The van der Waals surface area contributed by atoms with Crippen LogP contribution in [0.5, 0.6) is 5.75 Å². The number of ether oxygens (including phenoxy) is 1. The first kappa shape index (κ1) is 17.2. The van der Waals surface area contributed by atoms with Gasteiger partial charge in [0.2, 0.25) is 0 Å². The maximum absolute atomic E-state index is 9.35. The molecule has 1 fully saturated rings. The number of nitrogens with one attached hydrogen (secondary N) is 1. The Balaban J connectivity index is 0.00000200. The van der Waals surface area contributed by atoms with Crippen molar-refractivity contribution in [1.29, 1.82) is 0 Å². The summed E-state index contributed by atoms with van der Waals surface area (Å²) in [5.41, 5.74) is 2.54. The zero-order chi connectivity index (χ0) is 13.7. The number of nitrogens with zero attached hydrogens (tertiary/aromatic N) is 1. The SMILES string of the molecule is COc1ccc([C@H](CCO)N2CCNCC2)c(C)c1.Cl. The topological polar surface area (TPSA) is 44.7 Å². The zero-order valence-electron chi connectivity index (χ0n) is 12.3. The third-order valence-electron chi connectivity index (χ3n) is 3.83. The van der Waals surface area contributed by atoms with Crippen LogP contribution in [-0.4, -0.2) is 49.9 Å². The molecule has 0 aromatic heterocycles. The fraction of sp³-hybridized carbons (Fsp3) is 0.600. The van der Waals surface area contributed by atoms with Gasteiger partial charge in [-0.25, -0.2) is 0 Å². The molecule has 1 atom stereocenters. The Labute approximate surface area is 127 Å². The summed E-state index contributed by atoms with van der Waals surface area (Å²) < 4.78 is 5.26.